The van der Waals surface area contributed by atoms with Gasteiger partial charge in [-0.2, -0.15) is 13.2 Å². The van der Waals surface area contributed by atoms with Crippen LogP contribution in [0.15, 0.2) is 24.3 Å². The Balaban J connectivity index is 2.93. The maximum absolute atomic E-state index is 12.5. The lowest BCUT2D eigenvalue weighted by Crippen LogP contribution is -2.33. The summed E-state index contributed by atoms with van der Waals surface area (Å²) in [6.45, 7) is 1.81. The minimum Gasteiger partial charge on any atom is -0.396 e. The van der Waals surface area contributed by atoms with Crippen molar-refractivity contribution in [2.45, 2.75) is 19.5 Å². The Hall–Kier alpha value is -1.07. The molecule has 3 N–H and O–H groups in total. The lowest BCUT2D eigenvalue weighted by atomic mass is 9.84. The average Bonchev–Trinajstić information content (AvgIpc) is 2.28. The lowest BCUT2D eigenvalue weighted by Gasteiger charge is -2.25. The molecule has 0 heterocycles. The van der Waals surface area contributed by atoms with Gasteiger partial charge in [0.25, 0.3) is 0 Å². The molecule has 1 atom stereocenters. The van der Waals surface area contributed by atoms with E-state index in [0.29, 0.717) is 12.0 Å². The predicted molar refractivity (Wildman–Crippen MR) is 59.4 cm³/mol. The van der Waals surface area contributed by atoms with Gasteiger partial charge in [-0.25, -0.2) is 0 Å². The van der Waals surface area contributed by atoms with Crippen LogP contribution in [-0.2, 0) is 12.6 Å². The second-order valence-corrected chi connectivity index (χ2v) is 4.55. The fourth-order valence-corrected chi connectivity index (χ4v) is 1.54. The zero-order valence-electron chi connectivity index (χ0n) is 9.59. The van der Waals surface area contributed by atoms with E-state index >= 15 is 0 Å². The van der Waals surface area contributed by atoms with Gasteiger partial charge in [-0.1, -0.05) is 25.1 Å². The number of hydrogen-bond acceptors (Lipinski definition) is 2. The van der Waals surface area contributed by atoms with Gasteiger partial charge in [0, 0.05) is 18.6 Å². The second-order valence-electron chi connectivity index (χ2n) is 4.55. The molecular weight excluding hydrogens is 231 g/mol. The van der Waals surface area contributed by atoms with Crippen molar-refractivity contribution in [1.29, 1.82) is 0 Å². The smallest absolute Gasteiger partial charge is 0.396 e. The van der Waals surface area contributed by atoms with Crippen molar-refractivity contribution in [3.63, 3.8) is 0 Å². The van der Waals surface area contributed by atoms with Gasteiger partial charge in [-0.15, -0.1) is 0 Å². The number of alkyl halides is 3. The molecule has 2 nitrogen and oxygen atoms in total. The summed E-state index contributed by atoms with van der Waals surface area (Å²) >= 11 is 0. The summed E-state index contributed by atoms with van der Waals surface area (Å²) in [6.07, 6.45) is -4.02. The Morgan fingerprint density at radius 2 is 1.94 bits per heavy atom. The van der Waals surface area contributed by atoms with Crippen molar-refractivity contribution >= 4 is 0 Å². The van der Waals surface area contributed by atoms with Gasteiger partial charge < -0.3 is 10.8 Å². The first-order valence-electron chi connectivity index (χ1n) is 5.28. The van der Waals surface area contributed by atoms with Gasteiger partial charge in [-0.3, -0.25) is 0 Å². The summed E-state index contributed by atoms with van der Waals surface area (Å²) in [4.78, 5) is 0. The average molecular weight is 247 g/mol. The molecular formula is C12H16F3NO. The molecule has 0 bridgehead atoms. The van der Waals surface area contributed by atoms with Gasteiger partial charge in [0.1, 0.15) is 0 Å². The maximum atomic E-state index is 12.5. The fourth-order valence-electron chi connectivity index (χ4n) is 1.54. The van der Waals surface area contributed by atoms with Crippen molar-refractivity contribution in [2.75, 3.05) is 13.2 Å². The molecule has 0 aromatic heterocycles. The minimum atomic E-state index is -4.34. The SMILES string of the molecule is CC(CN)(CO)Cc1cccc(C(F)(F)F)c1. The first-order chi connectivity index (χ1) is 7.80. The zero-order valence-corrected chi connectivity index (χ0v) is 9.59. The van der Waals surface area contributed by atoms with Crippen LogP contribution in [0.4, 0.5) is 13.2 Å². The van der Waals surface area contributed by atoms with Gasteiger partial charge >= 0.3 is 6.18 Å². The van der Waals surface area contributed by atoms with Gasteiger partial charge in [0.05, 0.1) is 5.56 Å². The Labute approximate surface area is 98.3 Å². The summed E-state index contributed by atoms with van der Waals surface area (Å²) < 4.78 is 37.5. The standard InChI is InChI=1S/C12H16F3NO/c1-11(7-16,8-17)6-9-3-2-4-10(5-9)12(13,14)15/h2-5,17H,6-8,16H2,1H3. The van der Waals surface area contributed by atoms with E-state index in [2.05, 4.69) is 0 Å². The number of rotatable bonds is 4. The van der Waals surface area contributed by atoms with Crippen LogP contribution >= 0.6 is 0 Å². The van der Waals surface area contributed by atoms with Crippen LogP contribution in [0.1, 0.15) is 18.1 Å². The highest BCUT2D eigenvalue weighted by atomic mass is 19.4. The van der Waals surface area contributed by atoms with E-state index in [4.69, 9.17) is 5.73 Å². The monoisotopic (exact) mass is 247 g/mol. The summed E-state index contributed by atoms with van der Waals surface area (Å²) in [5, 5.41) is 9.17. The van der Waals surface area contributed by atoms with E-state index in [0.717, 1.165) is 12.1 Å². The maximum Gasteiger partial charge on any atom is 0.416 e. The van der Waals surface area contributed by atoms with Crippen molar-refractivity contribution in [3.05, 3.63) is 35.4 Å². The Bertz CT molecular complexity index is 372. The number of aliphatic hydroxyl groups is 1. The quantitative estimate of drug-likeness (QED) is 0.856. The topological polar surface area (TPSA) is 46.2 Å². The minimum absolute atomic E-state index is 0.153. The first kappa shape index (κ1) is 14.0. The molecule has 96 valence electrons. The number of benzene rings is 1. The van der Waals surface area contributed by atoms with Gasteiger partial charge in [0.2, 0.25) is 0 Å². The molecule has 0 aliphatic heterocycles. The number of halogens is 3. The highest BCUT2D eigenvalue weighted by molar-refractivity contribution is 5.26. The third kappa shape index (κ3) is 3.71. The summed E-state index contributed by atoms with van der Waals surface area (Å²) in [6, 6.07) is 5.11. The number of hydrogen-bond donors (Lipinski definition) is 2. The Kier molecular flexibility index (Phi) is 4.16. The van der Waals surface area contributed by atoms with Crippen LogP contribution in [0.3, 0.4) is 0 Å². The third-order valence-electron chi connectivity index (χ3n) is 2.76. The third-order valence-corrected chi connectivity index (χ3v) is 2.76. The summed E-state index contributed by atoms with van der Waals surface area (Å²) in [5.41, 5.74) is 4.78. The fraction of sp³-hybridized carbons (Fsp3) is 0.500. The molecule has 17 heavy (non-hydrogen) atoms. The van der Waals surface area contributed by atoms with Crippen LogP contribution < -0.4 is 5.73 Å². The second kappa shape index (κ2) is 5.06. The van der Waals surface area contributed by atoms with Crippen LogP contribution in [0, 0.1) is 5.41 Å². The normalized spacial score (nSPS) is 15.6. The molecule has 0 fully saturated rings. The van der Waals surface area contributed by atoms with E-state index in [1.165, 1.54) is 6.07 Å². The molecule has 0 radical (unpaired) electrons. The highest BCUT2D eigenvalue weighted by Gasteiger charge is 2.31. The van der Waals surface area contributed by atoms with Gasteiger partial charge in [-0.05, 0) is 18.1 Å². The van der Waals surface area contributed by atoms with Crippen LogP contribution in [0.25, 0.3) is 0 Å². The highest BCUT2D eigenvalue weighted by Crippen LogP contribution is 2.31. The molecule has 1 rings (SSSR count). The first-order valence-corrected chi connectivity index (χ1v) is 5.28. The van der Waals surface area contributed by atoms with Gasteiger partial charge in [0.15, 0.2) is 0 Å². The van der Waals surface area contributed by atoms with E-state index in [9.17, 15) is 18.3 Å². The van der Waals surface area contributed by atoms with E-state index in [1.807, 2.05) is 0 Å². The number of aliphatic hydroxyl groups excluding tert-OH is 1. The van der Waals surface area contributed by atoms with Crippen molar-refractivity contribution in [1.82, 2.24) is 0 Å². The van der Waals surface area contributed by atoms with E-state index in [-0.39, 0.29) is 13.2 Å². The molecule has 1 unspecified atom stereocenters. The van der Waals surface area contributed by atoms with Crippen molar-refractivity contribution in [2.24, 2.45) is 11.1 Å². The molecule has 5 heteroatoms. The van der Waals surface area contributed by atoms with E-state index < -0.39 is 17.2 Å². The molecule has 0 spiro atoms. The largest absolute Gasteiger partial charge is 0.416 e. The van der Waals surface area contributed by atoms with Crippen LogP contribution in [-0.4, -0.2) is 18.3 Å². The number of nitrogens with two attached hydrogens (primary N) is 1. The molecule has 0 aliphatic carbocycles. The zero-order chi connectivity index (χ0) is 13.1. The predicted octanol–water partition coefficient (Wildman–Crippen LogP) is 2.21. The lowest BCUT2D eigenvalue weighted by molar-refractivity contribution is -0.137. The Morgan fingerprint density at radius 1 is 1.29 bits per heavy atom. The molecule has 1 aromatic carbocycles. The van der Waals surface area contributed by atoms with Crippen LogP contribution in [0.5, 0.6) is 0 Å². The molecule has 1 aromatic rings. The molecule has 0 saturated carbocycles. The van der Waals surface area contributed by atoms with Crippen LogP contribution in [0.2, 0.25) is 0 Å². The molecule has 0 saturated heterocycles. The Morgan fingerprint density at radius 3 is 2.41 bits per heavy atom. The summed E-state index contributed by atoms with van der Waals surface area (Å²) in [7, 11) is 0. The van der Waals surface area contributed by atoms with E-state index in [1.54, 1.807) is 13.0 Å². The van der Waals surface area contributed by atoms with Crippen molar-refractivity contribution in [3.8, 4) is 0 Å². The molecule has 0 aliphatic rings. The summed E-state index contributed by atoms with van der Waals surface area (Å²) in [5.74, 6) is 0. The molecule has 0 amide bonds. The van der Waals surface area contributed by atoms with Crippen molar-refractivity contribution < 1.29 is 18.3 Å².